The monoisotopic (exact) mass is 424 g/mol. The molecule has 160 valence electrons. The van der Waals surface area contributed by atoms with Crippen molar-refractivity contribution in [3.05, 3.63) is 35.9 Å². The molecule has 3 unspecified atom stereocenters. The molecule has 0 fully saturated rings. The Labute approximate surface area is 184 Å². The fraction of sp³-hybridized carbons (Fsp3) is 0.542. The van der Waals surface area contributed by atoms with E-state index in [0.717, 1.165) is 35.5 Å². The molecule has 0 amide bonds. The van der Waals surface area contributed by atoms with Gasteiger partial charge in [-0.1, -0.05) is 74.7 Å². The largest absolute Gasteiger partial charge is 0.452 e. The number of nitrogens with one attached hydrogen (secondary N) is 1. The molecule has 2 heterocycles. The molecular formula is C24H32N4OS. The molecule has 1 N–H and O–H groups in total. The first kappa shape index (κ1) is 21.2. The van der Waals surface area contributed by atoms with Crippen molar-refractivity contribution in [3.63, 3.8) is 0 Å². The molecule has 1 aliphatic heterocycles. The van der Waals surface area contributed by atoms with Crippen molar-refractivity contribution in [2.75, 3.05) is 11.1 Å². The van der Waals surface area contributed by atoms with Gasteiger partial charge in [0.25, 0.3) is 0 Å². The molecule has 1 aromatic heterocycles. The number of unbranched alkanes of at least 4 members (excludes halogenated alkanes) is 3. The number of allylic oxidation sites excluding steroid dienone is 2. The Balaban J connectivity index is 1.59. The predicted octanol–water partition coefficient (Wildman–Crippen LogP) is 6.33. The summed E-state index contributed by atoms with van der Waals surface area (Å²) >= 11 is 1.67. The van der Waals surface area contributed by atoms with Crippen LogP contribution in [0.25, 0.3) is 11.3 Å². The lowest BCUT2D eigenvalue weighted by Crippen LogP contribution is -2.39. The quantitative estimate of drug-likeness (QED) is 0.318. The molecule has 4 rings (SSSR count). The van der Waals surface area contributed by atoms with Crippen LogP contribution in [0.15, 0.2) is 41.1 Å². The van der Waals surface area contributed by atoms with E-state index in [0.29, 0.717) is 22.9 Å². The third-order valence-electron chi connectivity index (χ3n) is 6.09. The number of fused-ring (bicyclic) bond motifs is 3. The number of benzene rings is 1. The number of aromatic nitrogens is 3. The third-order valence-corrected chi connectivity index (χ3v) is 7.01. The van der Waals surface area contributed by atoms with Gasteiger partial charge in [-0.2, -0.15) is 4.98 Å². The molecule has 0 spiro atoms. The highest BCUT2D eigenvalue weighted by atomic mass is 32.2. The highest BCUT2D eigenvalue weighted by molar-refractivity contribution is 7.99. The van der Waals surface area contributed by atoms with Gasteiger partial charge in [0.2, 0.25) is 11.0 Å². The molecule has 0 bridgehead atoms. The zero-order valence-electron chi connectivity index (χ0n) is 18.2. The molecule has 30 heavy (non-hydrogen) atoms. The number of ether oxygens (including phenoxy) is 1. The van der Waals surface area contributed by atoms with Gasteiger partial charge in [-0.15, -0.1) is 10.2 Å². The summed E-state index contributed by atoms with van der Waals surface area (Å²) in [5, 5.41) is 13.3. The van der Waals surface area contributed by atoms with Gasteiger partial charge >= 0.3 is 0 Å². The van der Waals surface area contributed by atoms with Crippen LogP contribution in [0.1, 0.15) is 59.3 Å². The predicted molar refractivity (Wildman–Crippen MR) is 124 cm³/mol. The maximum absolute atomic E-state index is 6.50. The molecule has 1 aromatic carbocycles. The zero-order valence-corrected chi connectivity index (χ0v) is 19.0. The van der Waals surface area contributed by atoms with Crippen molar-refractivity contribution >= 4 is 17.4 Å². The van der Waals surface area contributed by atoms with Crippen LogP contribution in [0.3, 0.4) is 0 Å². The van der Waals surface area contributed by atoms with Gasteiger partial charge in [-0.25, -0.2) is 0 Å². The molecule has 5 nitrogen and oxygen atoms in total. The first-order valence-electron chi connectivity index (χ1n) is 11.2. The Kier molecular flexibility index (Phi) is 6.93. The van der Waals surface area contributed by atoms with Gasteiger partial charge in [0.15, 0.2) is 11.9 Å². The summed E-state index contributed by atoms with van der Waals surface area (Å²) in [7, 11) is 0. The van der Waals surface area contributed by atoms with Gasteiger partial charge < -0.3 is 10.1 Å². The van der Waals surface area contributed by atoms with Crippen molar-refractivity contribution in [2.45, 2.75) is 70.7 Å². The zero-order chi connectivity index (χ0) is 20.9. The fourth-order valence-electron chi connectivity index (χ4n) is 4.35. The number of hydrogen-bond acceptors (Lipinski definition) is 6. The fourth-order valence-corrected chi connectivity index (χ4v) is 5.13. The molecule has 3 atom stereocenters. The van der Waals surface area contributed by atoms with E-state index in [4.69, 9.17) is 9.72 Å². The van der Waals surface area contributed by atoms with Crippen LogP contribution < -0.4 is 10.1 Å². The van der Waals surface area contributed by atoms with Gasteiger partial charge in [-0.3, -0.25) is 0 Å². The lowest BCUT2D eigenvalue weighted by atomic mass is 9.80. The molecule has 0 saturated carbocycles. The highest BCUT2D eigenvalue weighted by Crippen LogP contribution is 2.40. The molecule has 1 aliphatic carbocycles. The smallest absolute Gasteiger partial charge is 0.247 e. The normalized spacial score (nSPS) is 22.8. The molecule has 0 saturated heterocycles. The Morgan fingerprint density at radius 3 is 2.87 bits per heavy atom. The van der Waals surface area contributed by atoms with Crippen molar-refractivity contribution in [3.8, 4) is 17.1 Å². The number of thioether (sulfide) groups is 1. The Hall–Kier alpha value is -2.08. The van der Waals surface area contributed by atoms with Crippen LogP contribution in [-0.2, 0) is 0 Å². The number of rotatable bonds is 7. The van der Waals surface area contributed by atoms with E-state index in [2.05, 4.69) is 54.5 Å². The second-order valence-corrected chi connectivity index (χ2v) is 9.58. The van der Waals surface area contributed by atoms with Crippen LogP contribution in [-0.4, -0.2) is 27.2 Å². The second-order valence-electron chi connectivity index (χ2n) is 8.52. The van der Waals surface area contributed by atoms with E-state index in [-0.39, 0.29) is 6.23 Å². The summed E-state index contributed by atoms with van der Waals surface area (Å²) in [5.41, 5.74) is 4.24. The standard InChI is InChI=1S/C24H32N4OS/c1-4-5-6-9-14-30-24-26-23-21(27-28-24)19-10-7-8-11-20(19)25-22(29-23)18-13-12-16(2)15-17(18)3/h7-8,10-12,17-18,22,25H,4-6,9,13-15H2,1-3H3. The van der Waals surface area contributed by atoms with Crippen molar-refractivity contribution in [1.82, 2.24) is 15.2 Å². The van der Waals surface area contributed by atoms with Gasteiger partial charge in [-0.05, 0) is 38.2 Å². The van der Waals surface area contributed by atoms with Crippen LogP contribution in [0.5, 0.6) is 5.88 Å². The van der Waals surface area contributed by atoms with Gasteiger partial charge in [0.1, 0.15) is 0 Å². The minimum atomic E-state index is -0.133. The summed E-state index contributed by atoms with van der Waals surface area (Å²) in [6, 6.07) is 8.23. The summed E-state index contributed by atoms with van der Waals surface area (Å²) in [6.07, 6.45) is 9.31. The molecule has 6 heteroatoms. The lowest BCUT2D eigenvalue weighted by molar-refractivity contribution is 0.114. The summed E-state index contributed by atoms with van der Waals surface area (Å²) in [5.74, 6) is 2.54. The average molecular weight is 425 g/mol. The van der Waals surface area contributed by atoms with Crippen LogP contribution in [0.4, 0.5) is 5.69 Å². The minimum Gasteiger partial charge on any atom is -0.452 e. The lowest BCUT2D eigenvalue weighted by Gasteiger charge is -2.34. The molecule has 0 radical (unpaired) electrons. The van der Waals surface area contributed by atoms with Crippen LogP contribution in [0, 0.1) is 11.8 Å². The molecular weight excluding hydrogens is 392 g/mol. The van der Waals surface area contributed by atoms with E-state index in [1.165, 1.54) is 31.3 Å². The molecule has 2 aliphatic rings. The van der Waals surface area contributed by atoms with E-state index in [1.807, 2.05) is 12.1 Å². The minimum absolute atomic E-state index is 0.133. The first-order chi connectivity index (χ1) is 14.7. The maximum atomic E-state index is 6.50. The SMILES string of the molecule is CCCCCCSc1nnc2c(n1)OC(C1CC=C(C)CC1C)Nc1ccccc1-2. The number of anilines is 1. The second kappa shape index (κ2) is 9.82. The Morgan fingerprint density at radius 2 is 2.03 bits per heavy atom. The van der Waals surface area contributed by atoms with E-state index in [1.54, 1.807) is 11.8 Å². The van der Waals surface area contributed by atoms with Gasteiger partial charge in [0.05, 0.1) is 0 Å². The third kappa shape index (κ3) is 4.80. The number of nitrogens with zero attached hydrogens (tertiary/aromatic N) is 3. The maximum Gasteiger partial charge on any atom is 0.247 e. The van der Waals surface area contributed by atoms with E-state index < -0.39 is 0 Å². The molecule has 2 aromatic rings. The van der Waals surface area contributed by atoms with E-state index in [9.17, 15) is 0 Å². The van der Waals surface area contributed by atoms with Crippen LogP contribution >= 0.6 is 11.8 Å². The Bertz CT molecular complexity index is 901. The topological polar surface area (TPSA) is 59.9 Å². The Morgan fingerprint density at radius 1 is 1.17 bits per heavy atom. The first-order valence-corrected chi connectivity index (χ1v) is 12.2. The summed E-state index contributed by atoms with van der Waals surface area (Å²) in [6.45, 7) is 6.77. The van der Waals surface area contributed by atoms with Crippen molar-refractivity contribution in [1.29, 1.82) is 0 Å². The average Bonchev–Trinajstić information content (AvgIpc) is 2.90. The summed E-state index contributed by atoms with van der Waals surface area (Å²) < 4.78 is 6.50. The van der Waals surface area contributed by atoms with Crippen molar-refractivity contribution in [2.24, 2.45) is 11.8 Å². The number of hydrogen-bond donors (Lipinski definition) is 1. The van der Waals surface area contributed by atoms with Crippen LogP contribution in [0.2, 0.25) is 0 Å². The highest BCUT2D eigenvalue weighted by Gasteiger charge is 2.34. The number of para-hydroxylation sites is 1. The van der Waals surface area contributed by atoms with Gasteiger partial charge in [0, 0.05) is 22.9 Å². The summed E-state index contributed by atoms with van der Waals surface area (Å²) in [4.78, 5) is 4.79. The van der Waals surface area contributed by atoms with Crippen molar-refractivity contribution < 1.29 is 4.74 Å². The van der Waals surface area contributed by atoms with E-state index >= 15 is 0 Å².